The second-order valence-corrected chi connectivity index (χ2v) is 7.90. The average Bonchev–Trinajstić information content (AvgIpc) is 2.78. The molecule has 0 radical (unpaired) electrons. The van der Waals surface area contributed by atoms with E-state index in [2.05, 4.69) is 5.32 Å². The monoisotopic (exact) mass is 398 g/mol. The molecule has 3 fully saturated rings. The van der Waals surface area contributed by atoms with Gasteiger partial charge in [-0.05, 0) is 11.1 Å². The maximum absolute atomic E-state index is 12.6. The molecule has 3 aliphatic rings. The van der Waals surface area contributed by atoms with Crippen LogP contribution in [0, 0.1) is 5.41 Å². The first-order valence-corrected chi connectivity index (χ1v) is 9.69. The van der Waals surface area contributed by atoms with E-state index in [0.717, 1.165) is 11.1 Å². The van der Waals surface area contributed by atoms with E-state index < -0.39 is 24.2 Å². The van der Waals surface area contributed by atoms with Crippen LogP contribution >= 0.6 is 0 Å². The Kier molecular flexibility index (Phi) is 5.56. The van der Waals surface area contributed by atoms with Crippen LogP contribution in [0.3, 0.4) is 0 Å². The topological polar surface area (TPSA) is 92.0 Å². The number of hydrogen-bond donors (Lipinski definition) is 2. The first kappa shape index (κ1) is 19.8. The lowest BCUT2D eigenvalue weighted by molar-refractivity contribution is -0.475. The van der Waals surface area contributed by atoms with Crippen LogP contribution in [-0.2, 0) is 25.6 Å². The van der Waals surface area contributed by atoms with E-state index in [9.17, 15) is 4.79 Å². The number of hydrogen-bond acceptors (Lipinski definition) is 6. The van der Waals surface area contributed by atoms with Crippen LogP contribution < -0.4 is 11.1 Å². The summed E-state index contributed by atoms with van der Waals surface area (Å²) >= 11 is 0. The van der Waals surface area contributed by atoms with Crippen molar-refractivity contribution in [1.29, 1.82) is 0 Å². The van der Waals surface area contributed by atoms with Gasteiger partial charge in [0.25, 0.3) is 0 Å². The van der Waals surface area contributed by atoms with Crippen molar-refractivity contribution in [2.75, 3.05) is 19.8 Å². The number of amides is 1. The normalized spacial score (nSPS) is 27.8. The van der Waals surface area contributed by atoms with Crippen LogP contribution in [0.4, 0.5) is 4.79 Å². The molecular formula is C22H26N2O5. The fourth-order valence-corrected chi connectivity index (χ4v) is 3.50. The number of nitrogens with two attached hydrogens (primary N) is 1. The maximum atomic E-state index is 12.6. The third kappa shape index (κ3) is 4.28. The summed E-state index contributed by atoms with van der Waals surface area (Å²) in [5.41, 5.74) is 8.04. The quantitative estimate of drug-likeness (QED) is 0.777. The molecule has 2 aromatic rings. The lowest BCUT2D eigenvalue weighted by Crippen LogP contribution is -2.69. The third-order valence-corrected chi connectivity index (χ3v) is 5.28. The van der Waals surface area contributed by atoms with E-state index in [-0.39, 0.29) is 12.0 Å². The van der Waals surface area contributed by atoms with Crippen molar-refractivity contribution in [2.45, 2.75) is 31.6 Å². The van der Waals surface area contributed by atoms with E-state index in [1.54, 1.807) is 0 Å². The highest BCUT2D eigenvalue weighted by atomic mass is 16.9. The van der Waals surface area contributed by atoms with Gasteiger partial charge in [0.1, 0.15) is 12.6 Å². The van der Waals surface area contributed by atoms with E-state index in [1.807, 2.05) is 67.6 Å². The van der Waals surface area contributed by atoms with Crippen LogP contribution in [0.5, 0.6) is 0 Å². The molecule has 0 saturated carbocycles. The number of carbonyl (C=O) groups excluding carboxylic acids is 1. The Morgan fingerprint density at radius 1 is 1.03 bits per heavy atom. The van der Waals surface area contributed by atoms with Crippen molar-refractivity contribution in [3.63, 3.8) is 0 Å². The highest BCUT2D eigenvalue weighted by Crippen LogP contribution is 2.42. The van der Waals surface area contributed by atoms with Crippen LogP contribution in [0.1, 0.15) is 24.1 Å². The standard InChI is InChI=1S/C22H26N2O5/c1-21-13-27-22(28-14-21,29-15-21)19(18(23)17-10-6-3-7-11-17)24-20(25)26-12-16-8-4-2-5-9-16/h2-11,18-19H,12-15,23H2,1H3,(H,24,25)/t18-,19+,21?,22?/m1/s1. The summed E-state index contributed by atoms with van der Waals surface area (Å²) in [5, 5.41) is 2.82. The van der Waals surface area contributed by atoms with Gasteiger partial charge >= 0.3 is 12.1 Å². The van der Waals surface area contributed by atoms with Gasteiger partial charge in [0, 0.05) is 5.41 Å². The summed E-state index contributed by atoms with van der Waals surface area (Å²) in [4.78, 5) is 12.6. The van der Waals surface area contributed by atoms with Crippen LogP contribution in [0.25, 0.3) is 0 Å². The fraction of sp³-hybridized carbons (Fsp3) is 0.409. The summed E-state index contributed by atoms with van der Waals surface area (Å²) in [6.45, 7) is 3.57. The van der Waals surface area contributed by atoms with Gasteiger partial charge in [-0.15, -0.1) is 0 Å². The Labute approximate surface area is 170 Å². The van der Waals surface area contributed by atoms with Crippen molar-refractivity contribution in [1.82, 2.24) is 5.32 Å². The van der Waals surface area contributed by atoms with E-state index >= 15 is 0 Å². The minimum atomic E-state index is -1.45. The maximum Gasteiger partial charge on any atom is 0.408 e. The number of fused-ring (bicyclic) bond motifs is 3. The largest absolute Gasteiger partial charge is 0.445 e. The molecule has 2 bridgehead atoms. The number of ether oxygens (including phenoxy) is 4. The number of benzene rings is 2. The molecule has 154 valence electrons. The minimum Gasteiger partial charge on any atom is -0.445 e. The van der Waals surface area contributed by atoms with Gasteiger partial charge in [0.2, 0.25) is 0 Å². The van der Waals surface area contributed by atoms with Crippen LogP contribution in [0.2, 0.25) is 0 Å². The highest BCUT2D eigenvalue weighted by molar-refractivity contribution is 5.68. The second-order valence-electron chi connectivity index (χ2n) is 7.90. The molecule has 3 saturated heterocycles. The predicted molar refractivity (Wildman–Crippen MR) is 106 cm³/mol. The van der Waals surface area contributed by atoms with E-state index in [1.165, 1.54) is 0 Å². The molecule has 3 N–H and O–H groups in total. The molecule has 29 heavy (non-hydrogen) atoms. The molecule has 2 aromatic carbocycles. The minimum absolute atomic E-state index is 0.146. The van der Waals surface area contributed by atoms with Crippen LogP contribution in [-0.4, -0.2) is 37.9 Å². The van der Waals surface area contributed by atoms with Crippen LogP contribution in [0.15, 0.2) is 60.7 Å². The number of carbonyl (C=O) groups is 1. The molecule has 5 rings (SSSR count). The molecule has 0 aliphatic carbocycles. The van der Waals surface area contributed by atoms with Crippen molar-refractivity contribution in [3.05, 3.63) is 71.8 Å². The van der Waals surface area contributed by atoms with Gasteiger partial charge in [-0.2, -0.15) is 0 Å². The molecule has 3 heterocycles. The summed E-state index contributed by atoms with van der Waals surface area (Å²) in [7, 11) is 0. The molecule has 7 heteroatoms. The predicted octanol–water partition coefficient (Wildman–Crippen LogP) is 2.72. The van der Waals surface area contributed by atoms with Crippen molar-refractivity contribution >= 4 is 6.09 Å². The SMILES string of the molecule is CC12COC([C@@H](NC(=O)OCc3ccccc3)[C@H](N)c3ccccc3)(OC1)OC2. The zero-order valence-corrected chi connectivity index (χ0v) is 16.4. The van der Waals surface area contributed by atoms with Crippen molar-refractivity contribution in [2.24, 2.45) is 11.1 Å². The summed E-state index contributed by atoms with van der Waals surface area (Å²) in [6.07, 6.45) is -0.616. The lowest BCUT2D eigenvalue weighted by Gasteiger charge is -2.53. The van der Waals surface area contributed by atoms with Gasteiger partial charge < -0.3 is 30.0 Å². The molecule has 1 amide bonds. The van der Waals surface area contributed by atoms with Gasteiger partial charge in [0.05, 0.1) is 25.9 Å². The van der Waals surface area contributed by atoms with Gasteiger partial charge in [-0.3, -0.25) is 0 Å². The zero-order chi connectivity index (χ0) is 20.3. The number of rotatable bonds is 6. The first-order chi connectivity index (χ1) is 14.0. The number of alkyl carbamates (subject to hydrolysis) is 1. The Morgan fingerprint density at radius 2 is 1.59 bits per heavy atom. The van der Waals surface area contributed by atoms with E-state index in [0.29, 0.717) is 19.8 Å². The van der Waals surface area contributed by atoms with Gasteiger partial charge in [-0.1, -0.05) is 67.6 Å². The molecule has 7 nitrogen and oxygen atoms in total. The molecule has 2 atom stereocenters. The van der Waals surface area contributed by atoms with Gasteiger partial charge in [-0.25, -0.2) is 4.79 Å². The Morgan fingerprint density at radius 3 is 2.17 bits per heavy atom. The summed E-state index contributed by atoms with van der Waals surface area (Å²) in [6, 6.07) is 17.5. The third-order valence-electron chi connectivity index (χ3n) is 5.28. The number of nitrogens with one attached hydrogen (secondary N) is 1. The zero-order valence-electron chi connectivity index (χ0n) is 16.4. The molecular weight excluding hydrogens is 372 g/mol. The Bertz CT molecular complexity index is 805. The van der Waals surface area contributed by atoms with Crippen molar-refractivity contribution < 1.29 is 23.7 Å². The van der Waals surface area contributed by atoms with E-state index in [4.69, 9.17) is 24.7 Å². The van der Waals surface area contributed by atoms with Crippen molar-refractivity contribution in [3.8, 4) is 0 Å². The average molecular weight is 398 g/mol. The molecule has 0 unspecified atom stereocenters. The Hall–Kier alpha value is -2.45. The molecule has 0 aromatic heterocycles. The second kappa shape index (κ2) is 8.12. The lowest BCUT2D eigenvalue weighted by atomic mass is 9.89. The first-order valence-electron chi connectivity index (χ1n) is 9.69. The highest BCUT2D eigenvalue weighted by Gasteiger charge is 2.57. The summed E-state index contributed by atoms with van der Waals surface area (Å²) < 4.78 is 23.2. The van der Waals surface area contributed by atoms with Gasteiger partial charge in [0.15, 0.2) is 0 Å². The molecule has 0 spiro atoms. The smallest absolute Gasteiger partial charge is 0.408 e. The Balaban J connectivity index is 1.51. The molecule has 3 aliphatic heterocycles. The fourth-order valence-electron chi connectivity index (χ4n) is 3.50. The summed E-state index contributed by atoms with van der Waals surface area (Å²) in [5.74, 6) is -1.45.